The summed E-state index contributed by atoms with van der Waals surface area (Å²) in [6.07, 6.45) is 10.1. The highest BCUT2D eigenvalue weighted by molar-refractivity contribution is 5.92. The highest BCUT2D eigenvalue weighted by Crippen LogP contribution is 2.26. The van der Waals surface area contributed by atoms with E-state index in [1.54, 1.807) is 6.20 Å². The second kappa shape index (κ2) is 7.87. The Bertz CT molecular complexity index is 942. The van der Waals surface area contributed by atoms with Crippen LogP contribution in [0.5, 0.6) is 0 Å². The van der Waals surface area contributed by atoms with Gasteiger partial charge in [0.25, 0.3) is 6.47 Å². The summed E-state index contributed by atoms with van der Waals surface area (Å²) >= 11 is 0. The van der Waals surface area contributed by atoms with Crippen LogP contribution >= 0.6 is 0 Å². The van der Waals surface area contributed by atoms with Crippen molar-refractivity contribution < 1.29 is 9.90 Å². The Morgan fingerprint density at radius 3 is 2.76 bits per heavy atom. The summed E-state index contributed by atoms with van der Waals surface area (Å²) in [5.74, 6) is 1.95. The number of carbonyl (C=O) groups is 1. The van der Waals surface area contributed by atoms with Crippen LogP contribution in [0, 0.1) is 0 Å². The average molecular weight is 335 g/mol. The van der Waals surface area contributed by atoms with Gasteiger partial charge in [0, 0.05) is 54.9 Å². The Labute approximate surface area is 144 Å². The molecule has 126 valence electrons. The van der Waals surface area contributed by atoms with Crippen LogP contribution in [0.3, 0.4) is 0 Å². The van der Waals surface area contributed by atoms with E-state index in [4.69, 9.17) is 9.90 Å². The van der Waals surface area contributed by atoms with Gasteiger partial charge < -0.3 is 14.7 Å². The largest absolute Gasteiger partial charge is 0.483 e. The summed E-state index contributed by atoms with van der Waals surface area (Å²) in [5, 5.41) is 8.01. The second-order valence-electron chi connectivity index (χ2n) is 5.21. The number of aromatic amines is 1. The molecule has 4 rings (SSSR count). The molecular weight excluding hydrogens is 318 g/mol. The fourth-order valence-corrected chi connectivity index (χ4v) is 2.69. The molecule has 0 unspecified atom stereocenters. The smallest absolute Gasteiger partial charge is 0.290 e. The number of fused-ring (bicyclic) bond motifs is 1. The molecule has 0 amide bonds. The van der Waals surface area contributed by atoms with E-state index in [1.807, 2.05) is 43.0 Å². The molecule has 0 radical (unpaired) electrons. The predicted octanol–water partition coefficient (Wildman–Crippen LogP) is 2.76. The first-order valence-electron chi connectivity index (χ1n) is 7.75. The van der Waals surface area contributed by atoms with E-state index in [-0.39, 0.29) is 6.47 Å². The molecule has 0 spiro atoms. The van der Waals surface area contributed by atoms with Gasteiger partial charge in [-0.15, -0.1) is 0 Å². The second-order valence-corrected chi connectivity index (χ2v) is 5.21. The predicted molar refractivity (Wildman–Crippen MR) is 93.9 cm³/mol. The van der Waals surface area contributed by atoms with Crippen LogP contribution in [0.1, 0.15) is 5.82 Å². The Kier molecular flexibility index (Phi) is 5.16. The highest BCUT2D eigenvalue weighted by Gasteiger charge is 2.10. The SMILES string of the molecule is O=CO.c1cc(-c2nccn2CCc2ncc[nH]2)c2cccnc2c1. The van der Waals surface area contributed by atoms with Crippen molar-refractivity contribution in [1.29, 1.82) is 0 Å². The number of H-pyrrole nitrogens is 1. The van der Waals surface area contributed by atoms with Gasteiger partial charge in [-0.25, -0.2) is 9.97 Å². The number of imidazole rings is 2. The minimum absolute atomic E-state index is 0.250. The van der Waals surface area contributed by atoms with E-state index in [9.17, 15) is 0 Å². The summed E-state index contributed by atoms with van der Waals surface area (Å²) in [5.41, 5.74) is 2.09. The van der Waals surface area contributed by atoms with E-state index < -0.39 is 0 Å². The van der Waals surface area contributed by atoms with Crippen LogP contribution in [0.25, 0.3) is 22.3 Å². The van der Waals surface area contributed by atoms with Crippen molar-refractivity contribution in [1.82, 2.24) is 24.5 Å². The van der Waals surface area contributed by atoms with E-state index in [0.29, 0.717) is 0 Å². The van der Waals surface area contributed by atoms with Gasteiger partial charge in [-0.2, -0.15) is 0 Å². The summed E-state index contributed by atoms with van der Waals surface area (Å²) in [4.78, 5) is 24.7. The van der Waals surface area contributed by atoms with Crippen LogP contribution in [-0.2, 0) is 17.8 Å². The molecule has 4 aromatic rings. The number of hydrogen-bond donors (Lipinski definition) is 2. The van der Waals surface area contributed by atoms with E-state index in [2.05, 4.69) is 36.6 Å². The molecule has 0 atom stereocenters. The summed E-state index contributed by atoms with van der Waals surface area (Å²) < 4.78 is 2.16. The van der Waals surface area contributed by atoms with Crippen molar-refractivity contribution in [3.63, 3.8) is 0 Å². The molecule has 0 bridgehead atoms. The van der Waals surface area contributed by atoms with Crippen molar-refractivity contribution >= 4 is 17.4 Å². The molecule has 2 N–H and O–H groups in total. The highest BCUT2D eigenvalue weighted by atomic mass is 16.3. The average Bonchev–Trinajstić information content (AvgIpc) is 3.32. The number of benzene rings is 1. The number of rotatable bonds is 4. The first kappa shape index (κ1) is 16.4. The number of nitrogens with one attached hydrogen (secondary N) is 1. The van der Waals surface area contributed by atoms with E-state index in [1.165, 1.54) is 0 Å². The Hall–Kier alpha value is -3.48. The van der Waals surface area contributed by atoms with Crippen molar-refractivity contribution in [3.8, 4) is 11.4 Å². The molecule has 0 aliphatic carbocycles. The molecule has 7 nitrogen and oxygen atoms in total. The van der Waals surface area contributed by atoms with Crippen molar-refractivity contribution in [2.24, 2.45) is 0 Å². The lowest BCUT2D eigenvalue weighted by Gasteiger charge is -2.09. The van der Waals surface area contributed by atoms with Crippen LogP contribution in [0.4, 0.5) is 0 Å². The number of aryl methyl sites for hydroxylation is 2. The number of hydrogen-bond acceptors (Lipinski definition) is 4. The van der Waals surface area contributed by atoms with Gasteiger partial charge in [-0.3, -0.25) is 9.78 Å². The molecule has 0 fully saturated rings. The zero-order valence-electron chi connectivity index (χ0n) is 13.4. The zero-order chi connectivity index (χ0) is 17.5. The van der Waals surface area contributed by atoms with E-state index >= 15 is 0 Å². The van der Waals surface area contributed by atoms with Gasteiger partial charge in [0.1, 0.15) is 11.6 Å². The third-order valence-corrected chi connectivity index (χ3v) is 3.75. The number of nitrogens with zero attached hydrogens (tertiary/aromatic N) is 4. The van der Waals surface area contributed by atoms with Gasteiger partial charge in [-0.1, -0.05) is 18.2 Å². The molecule has 1 aromatic carbocycles. The van der Waals surface area contributed by atoms with Crippen LogP contribution in [0.2, 0.25) is 0 Å². The van der Waals surface area contributed by atoms with Gasteiger partial charge in [0.2, 0.25) is 0 Å². The van der Waals surface area contributed by atoms with E-state index in [0.717, 1.165) is 41.1 Å². The van der Waals surface area contributed by atoms with Gasteiger partial charge in [-0.05, 0) is 12.1 Å². The normalized spacial score (nSPS) is 10.2. The third kappa shape index (κ3) is 3.72. The Morgan fingerprint density at radius 2 is 1.96 bits per heavy atom. The lowest BCUT2D eigenvalue weighted by atomic mass is 10.1. The van der Waals surface area contributed by atoms with Crippen molar-refractivity contribution in [3.05, 3.63) is 67.1 Å². The Balaban J connectivity index is 0.000000569. The zero-order valence-corrected chi connectivity index (χ0v) is 13.4. The number of aromatic nitrogens is 5. The number of pyridine rings is 1. The first-order valence-corrected chi connectivity index (χ1v) is 7.75. The quantitative estimate of drug-likeness (QED) is 0.559. The third-order valence-electron chi connectivity index (χ3n) is 3.75. The summed E-state index contributed by atoms with van der Waals surface area (Å²) in [7, 11) is 0. The molecular formula is C18H17N5O2. The molecule has 7 heteroatoms. The lowest BCUT2D eigenvalue weighted by Crippen LogP contribution is -2.04. The molecule has 0 saturated heterocycles. The standard InChI is InChI=1S/C17H15N5.CH2O2/c1-3-14(13-4-2-7-18-15(13)5-1)17-21-10-12-22(17)11-6-16-19-8-9-20-16;2-1-3/h1-5,7-10,12H,6,11H2,(H,19,20);1H,(H,2,3). The minimum Gasteiger partial charge on any atom is -0.483 e. The minimum atomic E-state index is -0.250. The van der Waals surface area contributed by atoms with Crippen molar-refractivity contribution in [2.45, 2.75) is 13.0 Å². The lowest BCUT2D eigenvalue weighted by molar-refractivity contribution is -0.122. The fourth-order valence-electron chi connectivity index (χ4n) is 2.69. The topological polar surface area (TPSA) is 96.7 Å². The number of carboxylic acid groups (broad SMARTS) is 1. The first-order chi connectivity index (χ1) is 12.3. The fraction of sp³-hybridized carbons (Fsp3) is 0.111. The van der Waals surface area contributed by atoms with Crippen LogP contribution in [-0.4, -0.2) is 36.1 Å². The summed E-state index contributed by atoms with van der Waals surface area (Å²) in [6, 6.07) is 10.2. The monoisotopic (exact) mass is 335 g/mol. The maximum atomic E-state index is 8.36. The molecule has 3 heterocycles. The van der Waals surface area contributed by atoms with Gasteiger partial charge in [0.05, 0.1) is 5.52 Å². The summed E-state index contributed by atoms with van der Waals surface area (Å²) in [6.45, 7) is 0.583. The molecule has 0 aliphatic rings. The molecule has 25 heavy (non-hydrogen) atoms. The molecule has 0 saturated carbocycles. The van der Waals surface area contributed by atoms with Crippen LogP contribution < -0.4 is 0 Å². The van der Waals surface area contributed by atoms with Crippen LogP contribution in [0.15, 0.2) is 61.3 Å². The van der Waals surface area contributed by atoms with Gasteiger partial charge in [0.15, 0.2) is 0 Å². The maximum absolute atomic E-state index is 8.36. The Morgan fingerprint density at radius 1 is 1.08 bits per heavy atom. The maximum Gasteiger partial charge on any atom is 0.290 e. The van der Waals surface area contributed by atoms with Gasteiger partial charge >= 0.3 is 0 Å². The molecule has 3 aromatic heterocycles. The molecule has 0 aliphatic heterocycles. The van der Waals surface area contributed by atoms with Crippen molar-refractivity contribution in [2.75, 3.05) is 0 Å².